The molecule has 1 aliphatic carbocycles. The summed E-state index contributed by atoms with van der Waals surface area (Å²) < 4.78 is 4.81. The molecule has 1 aliphatic rings. The van der Waals surface area contributed by atoms with Crippen LogP contribution in [0.1, 0.15) is 59.6 Å². The maximum absolute atomic E-state index is 12.8. The minimum atomic E-state index is -0.517. The zero-order valence-corrected chi connectivity index (χ0v) is 16.2. The van der Waals surface area contributed by atoms with Gasteiger partial charge in [-0.05, 0) is 45.3 Å². The Morgan fingerprint density at radius 1 is 1.46 bits per heavy atom. The highest BCUT2D eigenvalue weighted by molar-refractivity contribution is 8.16. The highest BCUT2D eigenvalue weighted by Crippen LogP contribution is 2.40. The van der Waals surface area contributed by atoms with Crippen LogP contribution in [-0.4, -0.2) is 38.6 Å². The Hall–Kier alpha value is -1.14. The molecule has 2 rings (SSSR count). The topological polar surface area (TPSA) is 75.4 Å². The summed E-state index contributed by atoms with van der Waals surface area (Å²) in [4.78, 5) is 12.8. The van der Waals surface area contributed by atoms with E-state index in [1.165, 1.54) is 19.3 Å². The van der Waals surface area contributed by atoms with Crippen molar-refractivity contribution >= 4 is 27.6 Å². The van der Waals surface area contributed by atoms with E-state index < -0.39 is 10.2 Å². The molecule has 0 bridgehead atoms. The third kappa shape index (κ3) is 4.09. The number of aromatic nitrogens is 1. The molecule has 1 heterocycles. The van der Waals surface area contributed by atoms with Crippen molar-refractivity contribution in [2.75, 3.05) is 17.7 Å². The monoisotopic (exact) mass is 354 g/mol. The maximum atomic E-state index is 12.8. The van der Waals surface area contributed by atoms with Crippen LogP contribution in [0.4, 0.5) is 5.82 Å². The summed E-state index contributed by atoms with van der Waals surface area (Å²) in [6, 6.07) is 1.70. The molecule has 0 saturated heterocycles. The van der Waals surface area contributed by atoms with Gasteiger partial charge < -0.3 is 14.9 Å². The summed E-state index contributed by atoms with van der Waals surface area (Å²) in [5.41, 5.74) is -0.517. The van der Waals surface area contributed by atoms with Crippen LogP contribution in [0.2, 0.25) is 0 Å². The number of anilines is 1. The number of hydrogen-bond acceptors (Lipinski definition) is 4. The Balaban J connectivity index is 2.07. The van der Waals surface area contributed by atoms with Crippen molar-refractivity contribution in [1.82, 2.24) is 5.16 Å². The van der Waals surface area contributed by atoms with E-state index in [9.17, 15) is 9.90 Å². The molecule has 1 fully saturated rings. The minimum absolute atomic E-state index is 0.0371. The van der Waals surface area contributed by atoms with Gasteiger partial charge >= 0.3 is 0 Å². The van der Waals surface area contributed by atoms with E-state index in [0.717, 1.165) is 11.7 Å². The fourth-order valence-corrected chi connectivity index (χ4v) is 4.96. The highest BCUT2D eigenvalue weighted by atomic mass is 32.2. The Kier molecular flexibility index (Phi) is 5.91. The van der Waals surface area contributed by atoms with Gasteiger partial charge in [0, 0.05) is 11.5 Å². The lowest BCUT2D eigenvalue weighted by Gasteiger charge is -2.33. The molecular formula is C18H30N2O3S. The predicted octanol–water partition coefficient (Wildman–Crippen LogP) is 3.55. The van der Waals surface area contributed by atoms with Crippen LogP contribution in [0.15, 0.2) is 10.6 Å². The highest BCUT2D eigenvalue weighted by Gasteiger charge is 2.34. The number of amides is 1. The second-order valence-electron chi connectivity index (χ2n) is 7.71. The lowest BCUT2D eigenvalue weighted by molar-refractivity contribution is -0.117. The Bertz CT molecular complexity index is 616. The van der Waals surface area contributed by atoms with Gasteiger partial charge in [-0.2, -0.15) is 10.5 Å². The maximum Gasteiger partial charge on any atom is 0.240 e. The molecular weight excluding hydrogens is 324 g/mol. The van der Waals surface area contributed by atoms with Gasteiger partial charge in [-0.25, -0.2) is 0 Å². The van der Waals surface area contributed by atoms with Crippen LogP contribution >= 0.6 is 10.5 Å². The van der Waals surface area contributed by atoms with E-state index in [2.05, 4.69) is 22.8 Å². The first-order chi connectivity index (χ1) is 11.2. The second-order valence-corrected chi connectivity index (χ2v) is 10.4. The number of aliphatic hydroxyl groups excluding tert-OH is 1. The summed E-state index contributed by atoms with van der Waals surface area (Å²) in [5.74, 6) is 2.80. The zero-order valence-electron chi connectivity index (χ0n) is 15.4. The zero-order chi connectivity index (χ0) is 18.0. The van der Waals surface area contributed by atoms with Crippen LogP contribution < -0.4 is 5.32 Å². The van der Waals surface area contributed by atoms with Gasteiger partial charge in [0.05, 0.1) is 11.4 Å². The number of carbonyl (C=O) groups is 1. The molecule has 0 aliphatic heterocycles. The minimum Gasteiger partial charge on any atom is -0.395 e. The van der Waals surface area contributed by atoms with Crippen LogP contribution in [0.25, 0.3) is 0 Å². The molecule has 24 heavy (non-hydrogen) atoms. The van der Waals surface area contributed by atoms with E-state index in [1.807, 2.05) is 27.7 Å². The molecule has 136 valence electrons. The second kappa shape index (κ2) is 7.40. The van der Waals surface area contributed by atoms with E-state index >= 15 is 0 Å². The molecule has 1 aromatic rings. The number of hydrogen-bond donors (Lipinski definition) is 2. The molecule has 0 spiro atoms. The van der Waals surface area contributed by atoms with E-state index in [1.54, 1.807) is 6.07 Å². The number of nitrogens with one attached hydrogen (secondary N) is 1. The first kappa shape index (κ1) is 19.2. The molecule has 1 amide bonds. The van der Waals surface area contributed by atoms with Crippen molar-refractivity contribution in [2.24, 2.45) is 5.92 Å². The summed E-state index contributed by atoms with van der Waals surface area (Å²) in [7, 11) is -0.0716. The Morgan fingerprint density at radius 3 is 2.62 bits per heavy atom. The predicted molar refractivity (Wildman–Crippen MR) is 101 cm³/mol. The number of carbonyl (C=O) groups excluding carboxylic acids is 1. The fraction of sp³-hybridized carbons (Fsp3) is 0.722. The van der Waals surface area contributed by atoms with Gasteiger partial charge in [0.15, 0.2) is 5.82 Å². The third-order valence-corrected chi connectivity index (χ3v) is 7.84. The number of rotatable bonds is 7. The van der Waals surface area contributed by atoms with Gasteiger partial charge in [-0.1, -0.05) is 30.8 Å². The number of aliphatic hydroxyl groups is 1. The SMILES string of the molecule is CC=S(CC1CCC1)C(C)(C)C(=O)Nc1cc(C(C)(C)CO)on1. The van der Waals surface area contributed by atoms with Crippen LogP contribution in [0.3, 0.4) is 0 Å². The van der Waals surface area contributed by atoms with Crippen LogP contribution in [-0.2, 0) is 10.2 Å². The molecule has 2 N–H and O–H groups in total. The smallest absolute Gasteiger partial charge is 0.240 e. The van der Waals surface area contributed by atoms with Crippen molar-refractivity contribution in [3.63, 3.8) is 0 Å². The molecule has 1 atom stereocenters. The normalized spacial score (nSPS) is 17.6. The third-order valence-electron chi connectivity index (χ3n) is 4.94. The van der Waals surface area contributed by atoms with Crippen molar-refractivity contribution < 1.29 is 14.4 Å². The average molecular weight is 355 g/mol. The van der Waals surface area contributed by atoms with Gasteiger partial charge in [0.2, 0.25) is 5.91 Å². The van der Waals surface area contributed by atoms with E-state index in [0.29, 0.717) is 11.6 Å². The molecule has 5 nitrogen and oxygen atoms in total. The average Bonchev–Trinajstić information content (AvgIpc) is 2.95. The summed E-state index contributed by atoms with van der Waals surface area (Å²) in [5, 5.41) is 18.4. The number of nitrogens with zero attached hydrogens (tertiary/aromatic N) is 1. The molecule has 1 unspecified atom stereocenters. The van der Waals surface area contributed by atoms with Crippen LogP contribution in [0, 0.1) is 5.92 Å². The van der Waals surface area contributed by atoms with Gasteiger partial charge in [-0.15, -0.1) is 0 Å². The lowest BCUT2D eigenvalue weighted by atomic mass is 9.87. The van der Waals surface area contributed by atoms with Gasteiger partial charge in [0.25, 0.3) is 0 Å². The van der Waals surface area contributed by atoms with Crippen molar-refractivity contribution in [3.8, 4) is 0 Å². The fourth-order valence-electron chi connectivity index (χ4n) is 2.63. The van der Waals surface area contributed by atoms with Crippen molar-refractivity contribution in [2.45, 2.75) is 64.0 Å². The van der Waals surface area contributed by atoms with Crippen LogP contribution in [0.5, 0.6) is 0 Å². The first-order valence-corrected chi connectivity index (χ1v) is 10.0. The summed E-state index contributed by atoms with van der Waals surface area (Å²) >= 11 is 0. The van der Waals surface area contributed by atoms with E-state index in [-0.39, 0.29) is 23.0 Å². The molecule has 0 radical (unpaired) electrons. The molecule has 1 saturated carbocycles. The van der Waals surface area contributed by atoms with Gasteiger partial charge in [-0.3, -0.25) is 4.79 Å². The quantitative estimate of drug-likeness (QED) is 0.734. The summed E-state index contributed by atoms with van der Waals surface area (Å²) in [6.07, 6.45) is 3.90. The standard InChI is InChI=1S/C18H30N2O3S/c1-6-24(11-13-8-7-9-13)18(4,5)16(22)19-15-10-14(23-20-15)17(2,3)12-21/h6,10,13,21H,7-9,11-12H2,1-5H3,(H,19,20,22). The Morgan fingerprint density at radius 2 is 2.12 bits per heavy atom. The molecule has 0 aromatic carbocycles. The lowest BCUT2D eigenvalue weighted by Crippen LogP contribution is -2.37. The Labute approximate surface area is 147 Å². The first-order valence-electron chi connectivity index (χ1n) is 8.59. The van der Waals surface area contributed by atoms with Crippen molar-refractivity contribution in [3.05, 3.63) is 11.8 Å². The molecule has 1 aromatic heterocycles. The van der Waals surface area contributed by atoms with E-state index in [4.69, 9.17) is 4.52 Å². The summed E-state index contributed by atoms with van der Waals surface area (Å²) in [6.45, 7) is 9.74. The van der Waals surface area contributed by atoms with Crippen molar-refractivity contribution in [1.29, 1.82) is 0 Å². The largest absolute Gasteiger partial charge is 0.395 e. The van der Waals surface area contributed by atoms with Gasteiger partial charge in [0.1, 0.15) is 5.76 Å². The molecule has 6 heteroatoms.